The molecule has 168 valence electrons. The summed E-state index contributed by atoms with van der Waals surface area (Å²) in [5.41, 5.74) is 20.2. The van der Waals surface area contributed by atoms with Crippen molar-refractivity contribution in [2.24, 2.45) is 22.9 Å². The van der Waals surface area contributed by atoms with Gasteiger partial charge in [-0.2, -0.15) is 0 Å². The first-order valence-corrected chi connectivity index (χ1v) is 8.54. The van der Waals surface area contributed by atoms with Crippen LogP contribution in [0, 0.1) is 0 Å². The molecule has 0 radical (unpaired) electrons. The second kappa shape index (κ2) is 12.7. The fourth-order valence-corrected chi connectivity index (χ4v) is 2.08. The van der Waals surface area contributed by atoms with Crippen molar-refractivity contribution in [1.29, 1.82) is 0 Å². The van der Waals surface area contributed by atoms with Crippen LogP contribution in [0.25, 0.3) is 0 Å². The van der Waals surface area contributed by atoms with Gasteiger partial charge in [0, 0.05) is 6.42 Å². The van der Waals surface area contributed by atoms with Crippen LogP contribution in [0.15, 0.2) is 0 Å². The molecule has 0 spiro atoms. The zero-order chi connectivity index (χ0) is 23.4. The third-order valence-corrected chi connectivity index (χ3v) is 3.53. The summed E-state index contributed by atoms with van der Waals surface area (Å²) >= 11 is 0. The average Bonchev–Trinajstić information content (AvgIpc) is 2.61. The van der Waals surface area contributed by atoms with Crippen LogP contribution in [-0.4, -0.2) is 71.2 Å². The molecule has 0 aliphatic rings. The van der Waals surface area contributed by atoms with Crippen LogP contribution in [0.5, 0.6) is 0 Å². The number of primary amides is 3. The van der Waals surface area contributed by atoms with Gasteiger partial charge >= 0.3 is 5.97 Å². The highest BCUT2D eigenvalue weighted by Crippen LogP contribution is 2.01. The Morgan fingerprint density at radius 2 is 1.33 bits per heavy atom. The molecule has 0 aromatic rings. The van der Waals surface area contributed by atoms with E-state index in [1.54, 1.807) is 0 Å². The van der Waals surface area contributed by atoms with Gasteiger partial charge in [0.1, 0.15) is 12.1 Å². The normalized spacial score (nSPS) is 13.2. The molecule has 0 heterocycles. The van der Waals surface area contributed by atoms with Gasteiger partial charge in [0.25, 0.3) is 0 Å². The zero-order valence-corrected chi connectivity index (χ0v) is 15.9. The summed E-state index contributed by atoms with van der Waals surface area (Å²) in [7, 11) is 0. The minimum Gasteiger partial charge on any atom is -0.480 e. The molecule has 12 N–H and O–H groups in total. The van der Waals surface area contributed by atoms with Gasteiger partial charge in [-0.3, -0.25) is 28.8 Å². The quantitative estimate of drug-likeness (QED) is 0.130. The van der Waals surface area contributed by atoms with Crippen LogP contribution in [-0.2, 0) is 33.6 Å². The number of carbonyl (C=O) groups excluding carboxylic acids is 6. The molecular formula is C15H25N7O8. The Kier molecular flexibility index (Phi) is 11.1. The monoisotopic (exact) mass is 431 g/mol. The van der Waals surface area contributed by atoms with E-state index in [4.69, 9.17) is 28.0 Å². The molecule has 30 heavy (non-hydrogen) atoms. The van der Waals surface area contributed by atoms with E-state index in [2.05, 4.69) is 10.6 Å². The van der Waals surface area contributed by atoms with Gasteiger partial charge in [-0.15, -0.1) is 0 Å². The number of carboxylic acids is 1. The van der Waals surface area contributed by atoms with Gasteiger partial charge in [-0.05, 0) is 6.42 Å². The van der Waals surface area contributed by atoms with E-state index in [1.165, 1.54) is 0 Å². The molecule has 0 aromatic heterocycles. The summed E-state index contributed by atoms with van der Waals surface area (Å²) in [5.74, 6) is -6.91. The molecule has 0 aliphatic carbocycles. The minimum atomic E-state index is -1.66. The summed E-state index contributed by atoms with van der Waals surface area (Å²) < 4.78 is 0. The molecule has 0 fully saturated rings. The van der Waals surface area contributed by atoms with Crippen LogP contribution in [0.2, 0.25) is 0 Å². The van der Waals surface area contributed by atoms with E-state index in [0.29, 0.717) is 0 Å². The Hall–Kier alpha value is -3.75. The molecule has 0 saturated carbocycles. The number of carboxylic acid groups (broad SMARTS) is 1. The van der Waals surface area contributed by atoms with Crippen LogP contribution >= 0.6 is 0 Å². The highest BCUT2D eigenvalue weighted by atomic mass is 16.4. The van der Waals surface area contributed by atoms with E-state index in [1.807, 2.05) is 5.32 Å². The maximum Gasteiger partial charge on any atom is 0.326 e. The summed E-state index contributed by atoms with van der Waals surface area (Å²) in [6, 6.07) is -4.35. The lowest BCUT2D eigenvalue weighted by molar-refractivity contribution is -0.143. The molecule has 15 heteroatoms. The van der Waals surface area contributed by atoms with Gasteiger partial charge in [0.05, 0.1) is 25.4 Å². The van der Waals surface area contributed by atoms with Crippen molar-refractivity contribution in [2.75, 3.05) is 6.54 Å². The van der Waals surface area contributed by atoms with Crippen molar-refractivity contribution < 1.29 is 38.7 Å². The third kappa shape index (κ3) is 11.2. The van der Waals surface area contributed by atoms with Crippen LogP contribution in [0.3, 0.4) is 0 Å². The molecule has 3 atom stereocenters. The van der Waals surface area contributed by atoms with Crippen molar-refractivity contribution in [3.05, 3.63) is 0 Å². The molecule has 15 nitrogen and oxygen atoms in total. The average molecular weight is 431 g/mol. The number of amides is 6. The lowest BCUT2D eigenvalue weighted by Crippen LogP contribution is -2.54. The molecule has 0 rings (SSSR count). The molecule has 3 unspecified atom stereocenters. The van der Waals surface area contributed by atoms with E-state index in [-0.39, 0.29) is 12.8 Å². The highest BCUT2D eigenvalue weighted by Gasteiger charge is 2.28. The molecule has 0 aliphatic heterocycles. The summed E-state index contributed by atoms with van der Waals surface area (Å²) in [6.07, 6.45) is -1.77. The Bertz CT molecular complexity index is 711. The van der Waals surface area contributed by atoms with E-state index < -0.39 is 78.9 Å². The Labute approximate surface area is 170 Å². The number of nitrogens with one attached hydrogen (secondary N) is 3. The molecule has 0 aromatic carbocycles. The number of hydrogen-bond donors (Lipinski definition) is 8. The SMILES string of the molecule is NC(=O)CCC(NC(=O)CNC(=O)C(N)CC(N)=O)C(=O)NC(CC(N)=O)C(=O)O. The summed E-state index contributed by atoms with van der Waals surface area (Å²) in [6.45, 7) is -0.644. The van der Waals surface area contributed by atoms with Crippen LogP contribution in [0.4, 0.5) is 0 Å². The predicted molar refractivity (Wildman–Crippen MR) is 98.5 cm³/mol. The fourth-order valence-electron chi connectivity index (χ4n) is 2.08. The Morgan fingerprint density at radius 1 is 0.767 bits per heavy atom. The van der Waals surface area contributed by atoms with Crippen molar-refractivity contribution in [1.82, 2.24) is 16.0 Å². The summed E-state index contributed by atoms with van der Waals surface area (Å²) in [4.78, 5) is 79.7. The van der Waals surface area contributed by atoms with E-state index in [9.17, 15) is 33.6 Å². The molecular weight excluding hydrogens is 406 g/mol. The Balaban J connectivity index is 5.00. The first kappa shape index (κ1) is 26.2. The lowest BCUT2D eigenvalue weighted by Gasteiger charge is -2.21. The predicted octanol–water partition coefficient (Wildman–Crippen LogP) is -5.50. The van der Waals surface area contributed by atoms with Gasteiger partial charge in [-0.25, -0.2) is 4.79 Å². The first-order valence-electron chi connectivity index (χ1n) is 8.54. The fraction of sp³-hybridized carbons (Fsp3) is 0.533. The smallest absolute Gasteiger partial charge is 0.326 e. The maximum absolute atomic E-state index is 12.3. The molecule has 0 saturated heterocycles. The number of carbonyl (C=O) groups is 7. The van der Waals surface area contributed by atoms with Crippen LogP contribution < -0.4 is 38.9 Å². The number of hydrogen-bond acceptors (Lipinski definition) is 8. The molecule has 6 amide bonds. The largest absolute Gasteiger partial charge is 0.480 e. The number of aliphatic carboxylic acids is 1. The Morgan fingerprint density at radius 3 is 1.80 bits per heavy atom. The summed E-state index contributed by atoms with van der Waals surface area (Å²) in [5, 5.41) is 15.4. The van der Waals surface area contributed by atoms with Gasteiger partial charge in [0.2, 0.25) is 35.4 Å². The van der Waals surface area contributed by atoms with E-state index >= 15 is 0 Å². The number of nitrogens with two attached hydrogens (primary N) is 4. The van der Waals surface area contributed by atoms with Crippen molar-refractivity contribution in [2.45, 2.75) is 43.8 Å². The third-order valence-electron chi connectivity index (χ3n) is 3.53. The second-order valence-electron chi connectivity index (χ2n) is 6.19. The van der Waals surface area contributed by atoms with Gasteiger partial charge < -0.3 is 44.0 Å². The van der Waals surface area contributed by atoms with Gasteiger partial charge in [0.15, 0.2) is 0 Å². The number of rotatable bonds is 14. The van der Waals surface area contributed by atoms with Crippen LogP contribution in [0.1, 0.15) is 25.7 Å². The van der Waals surface area contributed by atoms with E-state index in [0.717, 1.165) is 0 Å². The minimum absolute atomic E-state index is 0.287. The van der Waals surface area contributed by atoms with Crippen molar-refractivity contribution >= 4 is 41.4 Å². The zero-order valence-electron chi connectivity index (χ0n) is 15.9. The van der Waals surface area contributed by atoms with Crippen molar-refractivity contribution in [3.63, 3.8) is 0 Å². The lowest BCUT2D eigenvalue weighted by atomic mass is 10.1. The van der Waals surface area contributed by atoms with Gasteiger partial charge in [-0.1, -0.05) is 0 Å². The van der Waals surface area contributed by atoms with Crippen molar-refractivity contribution in [3.8, 4) is 0 Å². The highest BCUT2D eigenvalue weighted by molar-refractivity contribution is 5.94. The first-order chi connectivity index (χ1) is 13.8. The maximum atomic E-state index is 12.3. The molecule has 0 bridgehead atoms. The topological polar surface area (TPSA) is 280 Å². The second-order valence-corrected chi connectivity index (χ2v) is 6.19. The standard InChI is InChI=1S/C15H25N7O8/c16-6(3-10(18)24)13(27)20-5-12(26)21-7(1-2-9(17)23)14(28)22-8(15(29)30)4-11(19)25/h6-8H,1-5,16H2,(H2,17,23)(H2,18,24)(H2,19,25)(H,20,27)(H,21,26)(H,22,28)(H,29,30).